The number of hydrogen-bond acceptors (Lipinski definition) is 2. The Morgan fingerprint density at radius 3 is 2.90 bits per heavy atom. The molecule has 1 aliphatic carbocycles. The van der Waals surface area contributed by atoms with Crippen LogP contribution in [0.4, 0.5) is 0 Å². The summed E-state index contributed by atoms with van der Waals surface area (Å²) in [6.07, 6.45) is 1.84. The lowest BCUT2D eigenvalue weighted by molar-refractivity contribution is 0.0934. The molecule has 1 amide bonds. The molecule has 102 valence electrons. The van der Waals surface area contributed by atoms with Crippen LogP contribution in [0, 0.1) is 0 Å². The average molecular weight is 288 g/mol. The predicted octanol–water partition coefficient (Wildman–Crippen LogP) is 3.46. The Bertz CT molecular complexity index is 669. The summed E-state index contributed by atoms with van der Waals surface area (Å²) in [5, 5.41) is 13.1. The Morgan fingerprint density at radius 1 is 1.25 bits per heavy atom. The summed E-state index contributed by atoms with van der Waals surface area (Å²) >= 11 is 5.87. The van der Waals surface area contributed by atoms with E-state index in [0.29, 0.717) is 5.02 Å². The predicted molar refractivity (Wildman–Crippen MR) is 78.1 cm³/mol. The van der Waals surface area contributed by atoms with Gasteiger partial charge in [-0.3, -0.25) is 4.79 Å². The number of carbonyl (C=O) groups excluding carboxylic acids is 1. The Balaban J connectivity index is 1.82. The summed E-state index contributed by atoms with van der Waals surface area (Å²) in [5.41, 5.74) is 2.64. The second-order valence-electron chi connectivity index (χ2n) is 4.93. The molecular formula is C16H14ClNO2. The molecule has 0 aromatic heterocycles. The van der Waals surface area contributed by atoms with Crippen LogP contribution in [0.25, 0.3) is 0 Å². The topological polar surface area (TPSA) is 49.3 Å². The average Bonchev–Trinajstić information content (AvgIpc) is 2.85. The summed E-state index contributed by atoms with van der Waals surface area (Å²) in [7, 11) is 0. The van der Waals surface area contributed by atoms with Gasteiger partial charge in [0.25, 0.3) is 5.91 Å². The molecule has 4 heteroatoms. The summed E-state index contributed by atoms with van der Waals surface area (Å²) in [6, 6.07) is 12.6. The summed E-state index contributed by atoms with van der Waals surface area (Å²) in [4.78, 5) is 12.3. The fourth-order valence-electron chi connectivity index (χ4n) is 2.63. The van der Waals surface area contributed by atoms with Crippen LogP contribution in [-0.4, -0.2) is 11.0 Å². The maximum Gasteiger partial charge on any atom is 0.255 e. The number of halogens is 1. The Kier molecular flexibility index (Phi) is 3.36. The molecule has 0 saturated heterocycles. The van der Waals surface area contributed by atoms with Crippen molar-refractivity contribution < 1.29 is 9.90 Å². The molecule has 2 aromatic rings. The van der Waals surface area contributed by atoms with Crippen LogP contribution in [0.1, 0.15) is 33.9 Å². The molecule has 0 saturated carbocycles. The van der Waals surface area contributed by atoms with Crippen LogP contribution in [0.2, 0.25) is 5.02 Å². The molecule has 2 N–H and O–H groups in total. The maximum atomic E-state index is 12.3. The molecule has 1 atom stereocenters. The molecule has 0 spiro atoms. The van der Waals surface area contributed by atoms with E-state index in [1.807, 2.05) is 18.2 Å². The zero-order valence-corrected chi connectivity index (χ0v) is 11.5. The lowest BCUT2D eigenvalue weighted by Gasteiger charge is -2.14. The number of fused-ring (bicyclic) bond motifs is 1. The number of benzene rings is 2. The normalized spacial score (nSPS) is 16.8. The van der Waals surface area contributed by atoms with E-state index in [1.54, 1.807) is 6.07 Å². The van der Waals surface area contributed by atoms with Gasteiger partial charge >= 0.3 is 0 Å². The number of phenols is 1. The highest BCUT2D eigenvalue weighted by atomic mass is 35.5. The van der Waals surface area contributed by atoms with Crippen molar-refractivity contribution in [1.82, 2.24) is 5.32 Å². The third-order valence-corrected chi connectivity index (χ3v) is 3.88. The molecule has 0 bridgehead atoms. The van der Waals surface area contributed by atoms with Gasteiger partial charge in [0.05, 0.1) is 11.6 Å². The largest absolute Gasteiger partial charge is 0.507 e. The van der Waals surface area contributed by atoms with Gasteiger partial charge in [-0.25, -0.2) is 0 Å². The summed E-state index contributed by atoms with van der Waals surface area (Å²) < 4.78 is 0. The molecule has 0 fully saturated rings. The highest BCUT2D eigenvalue weighted by Crippen LogP contribution is 2.31. The highest BCUT2D eigenvalue weighted by molar-refractivity contribution is 6.31. The van der Waals surface area contributed by atoms with Crippen LogP contribution in [0.5, 0.6) is 5.75 Å². The first-order valence-electron chi connectivity index (χ1n) is 6.52. The van der Waals surface area contributed by atoms with Gasteiger partial charge in [0.15, 0.2) is 0 Å². The van der Waals surface area contributed by atoms with Crippen molar-refractivity contribution in [2.75, 3.05) is 0 Å². The van der Waals surface area contributed by atoms with Crippen LogP contribution < -0.4 is 5.32 Å². The molecular weight excluding hydrogens is 274 g/mol. The third-order valence-electron chi connectivity index (χ3n) is 3.64. The van der Waals surface area contributed by atoms with Crippen molar-refractivity contribution in [3.8, 4) is 5.75 Å². The van der Waals surface area contributed by atoms with E-state index in [-0.39, 0.29) is 23.3 Å². The van der Waals surface area contributed by atoms with Crippen molar-refractivity contribution >= 4 is 17.5 Å². The van der Waals surface area contributed by atoms with Crippen molar-refractivity contribution in [2.24, 2.45) is 0 Å². The number of rotatable bonds is 2. The van der Waals surface area contributed by atoms with Gasteiger partial charge in [-0.15, -0.1) is 0 Å². The van der Waals surface area contributed by atoms with E-state index in [9.17, 15) is 9.90 Å². The van der Waals surface area contributed by atoms with Gasteiger partial charge in [0.2, 0.25) is 0 Å². The molecule has 3 nitrogen and oxygen atoms in total. The first kappa shape index (κ1) is 13.0. The first-order valence-corrected chi connectivity index (χ1v) is 6.90. The van der Waals surface area contributed by atoms with E-state index >= 15 is 0 Å². The van der Waals surface area contributed by atoms with E-state index in [1.165, 1.54) is 17.7 Å². The number of hydrogen-bond donors (Lipinski definition) is 2. The quantitative estimate of drug-likeness (QED) is 0.888. The van der Waals surface area contributed by atoms with Gasteiger partial charge in [-0.05, 0) is 42.2 Å². The minimum atomic E-state index is -0.299. The molecule has 20 heavy (non-hydrogen) atoms. The molecule has 0 aliphatic heterocycles. The minimum absolute atomic E-state index is 0.00270. The lowest BCUT2D eigenvalue weighted by atomic mass is 10.1. The molecule has 2 aromatic carbocycles. The fourth-order valence-corrected chi connectivity index (χ4v) is 2.81. The zero-order chi connectivity index (χ0) is 14.1. The standard InChI is InChI=1S/C16H14ClNO2/c17-11-6-8-15(19)13(9-11)16(20)18-14-7-5-10-3-1-2-4-12(10)14/h1-4,6,8-9,14,19H,5,7H2,(H,18,20)/t14-/m1/s1. The Morgan fingerprint density at radius 2 is 2.05 bits per heavy atom. The van der Waals surface area contributed by atoms with Gasteiger partial charge < -0.3 is 10.4 Å². The van der Waals surface area contributed by atoms with Crippen molar-refractivity contribution in [2.45, 2.75) is 18.9 Å². The Labute approximate surface area is 122 Å². The van der Waals surface area contributed by atoms with Crippen molar-refractivity contribution in [3.05, 3.63) is 64.2 Å². The maximum absolute atomic E-state index is 12.3. The lowest BCUT2D eigenvalue weighted by Crippen LogP contribution is -2.27. The van der Waals surface area contributed by atoms with Gasteiger partial charge in [-0.1, -0.05) is 35.9 Å². The number of amides is 1. The van der Waals surface area contributed by atoms with Gasteiger partial charge in [-0.2, -0.15) is 0 Å². The smallest absolute Gasteiger partial charge is 0.255 e. The second kappa shape index (κ2) is 5.17. The van der Waals surface area contributed by atoms with Gasteiger partial charge in [0, 0.05) is 5.02 Å². The second-order valence-corrected chi connectivity index (χ2v) is 5.36. The SMILES string of the molecule is O=C(N[C@@H]1CCc2ccccc21)c1cc(Cl)ccc1O. The first-order chi connectivity index (χ1) is 9.65. The molecule has 1 aliphatic rings. The number of carbonyl (C=O) groups is 1. The van der Waals surface area contributed by atoms with Crippen molar-refractivity contribution in [1.29, 1.82) is 0 Å². The summed E-state index contributed by atoms with van der Waals surface area (Å²) in [5.74, 6) is -0.357. The van der Waals surface area contributed by atoms with E-state index in [4.69, 9.17) is 11.6 Å². The van der Waals surface area contributed by atoms with Crippen molar-refractivity contribution in [3.63, 3.8) is 0 Å². The number of aromatic hydroxyl groups is 1. The fraction of sp³-hybridized carbons (Fsp3) is 0.188. The number of phenolic OH excluding ortho intramolecular Hbond substituents is 1. The number of nitrogens with one attached hydrogen (secondary N) is 1. The minimum Gasteiger partial charge on any atom is -0.507 e. The van der Waals surface area contributed by atoms with E-state index in [0.717, 1.165) is 18.4 Å². The molecule has 3 rings (SSSR count). The summed E-state index contributed by atoms with van der Waals surface area (Å²) in [6.45, 7) is 0. The van der Waals surface area contributed by atoms with Crippen LogP contribution in [0.3, 0.4) is 0 Å². The van der Waals surface area contributed by atoms with Gasteiger partial charge in [0.1, 0.15) is 5.75 Å². The van der Waals surface area contributed by atoms with Crippen LogP contribution >= 0.6 is 11.6 Å². The Hall–Kier alpha value is -2.00. The molecule has 0 radical (unpaired) electrons. The molecule has 0 heterocycles. The number of aryl methyl sites for hydroxylation is 1. The van der Waals surface area contributed by atoms with Crippen LogP contribution in [-0.2, 0) is 6.42 Å². The molecule has 0 unspecified atom stereocenters. The van der Waals surface area contributed by atoms with E-state index in [2.05, 4.69) is 11.4 Å². The third kappa shape index (κ3) is 2.37. The monoisotopic (exact) mass is 287 g/mol. The van der Waals surface area contributed by atoms with Crippen LogP contribution in [0.15, 0.2) is 42.5 Å². The zero-order valence-electron chi connectivity index (χ0n) is 10.8. The highest BCUT2D eigenvalue weighted by Gasteiger charge is 2.24. The van der Waals surface area contributed by atoms with E-state index < -0.39 is 0 Å².